The molecular formula is C10H12N4O2S. The lowest BCUT2D eigenvalue weighted by molar-refractivity contribution is -0.463. The number of nitro groups is 1. The number of aromatic nitrogens is 1. The molecule has 1 aliphatic rings. The number of rotatable bonds is 4. The van der Waals surface area contributed by atoms with Gasteiger partial charge in [0.25, 0.3) is 6.54 Å². The van der Waals surface area contributed by atoms with Gasteiger partial charge in [0.05, 0.1) is 23.5 Å². The lowest BCUT2D eigenvalue weighted by atomic mass is 10.3. The van der Waals surface area contributed by atoms with E-state index < -0.39 is 0 Å². The minimum Gasteiger partial charge on any atom is -0.321 e. The van der Waals surface area contributed by atoms with E-state index in [1.807, 2.05) is 23.3 Å². The van der Waals surface area contributed by atoms with Gasteiger partial charge >= 0.3 is 0 Å². The highest BCUT2D eigenvalue weighted by Crippen LogP contribution is 2.19. The van der Waals surface area contributed by atoms with Gasteiger partial charge in [-0.2, -0.15) is 0 Å². The molecule has 2 rings (SSSR count). The Morgan fingerprint density at radius 1 is 1.59 bits per heavy atom. The Morgan fingerprint density at radius 2 is 2.41 bits per heavy atom. The first-order valence-electron chi connectivity index (χ1n) is 5.13. The lowest BCUT2D eigenvalue weighted by Gasteiger charge is -2.17. The zero-order valence-corrected chi connectivity index (χ0v) is 10.2. The molecule has 0 N–H and O–H groups in total. The van der Waals surface area contributed by atoms with E-state index in [1.54, 1.807) is 18.0 Å². The van der Waals surface area contributed by atoms with E-state index in [9.17, 15) is 10.1 Å². The van der Waals surface area contributed by atoms with Gasteiger partial charge in [-0.1, -0.05) is 0 Å². The molecule has 0 spiro atoms. The molecular weight excluding hydrogens is 240 g/mol. The minimum atomic E-state index is -0.360. The van der Waals surface area contributed by atoms with Crippen molar-refractivity contribution in [3.63, 3.8) is 0 Å². The maximum atomic E-state index is 10.5. The molecule has 0 saturated carbocycles. The van der Waals surface area contributed by atoms with E-state index in [2.05, 4.69) is 9.98 Å². The van der Waals surface area contributed by atoms with Crippen LogP contribution >= 0.6 is 11.8 Å². The van der Waals surface area contributed by atoms with Gasteiger partial charge in [0.2, 0.25) is 0 Å². The normalized spacial score (nSPS) is 14.9. The molecule has 0 bridgehead atoms. The minimum absolute atomic E-state index is 0.232. The molecule has 2 heterocycles. The van der Waals surface area contributed by atoms with Gasteiger partial charge in [0.15, 0.2) is 5.84 Å². The van der Waals surface area contributed by atoms with Crippen molar-refractivity contribution >= 4 is 23.3 Å². The maximum Gasteiger partial charge on any atom is 0.260 e. The first-order valence-corrected chi connectivity index (χ1v) is 6.36. The van der Waals surface area contributed by atoms with E-state index in [4.69, 9.17) is 0 Å². The summed E-state index contributed by atoms with van der Waals surface area (Å²) in [5.74, 6) is 0.508. The van der Waals surface area contributed by atoms with E-state index in [0.29, 0.717) is 18.9 Å². The number of hydrogen-bond donors (Lipinski definition) is 0. The second kappa shape index (κ2) is 5.13. The Hall–Kier alpha value is -1.63. The highest BCUT2D eigenvalue weighted by molar-refractivity contribution is 7.98. The molecule has 6 nitrogen and oxygen atoms in total. The largest absolute Gasteiger partial charge is 0.321 e. The average Bonchev–Trinajstić information content (AvgIpc) is 2.76. The Labute approximate surface area is 103 Å². The van der Waals surface area contributed by atoms with Gasteiger partial charge in [-0.15, -0.1) is 11.8 Å². The third kappa shape index (κ3) is 2.73. The Bertz CT molecular complexity index is 446. The molecule has 0 aromatic carbocycles. The van der Waals surface area contributed by atoms with Gasteiger partial charge in [0, 0.05) is 11.5 Å². The second-order valence-electron chi connectivity index (χ2n) is 3.50. The molecule has 0 fully saturated rings. The SMILES string of the molecule is CSc1ccc(N2CCN=C2C[N+](=O)[O-])cn1. The van der Waals surface area contributed by atoms with Crippen LogP contribution in [-0.4, -0.2) is 41.6 Å². The van der Waals surface area contributed by atoms with Crippen LogP contribution in [0.15, 0.2) is 28.3 Å². The van der Waals surface area contributed by atoms with Gasteiger partial charge in [0.1, 0.15) is 0 Å². The first kappa shape index (κ1) is 11.8. The fourth-order valence-electron chi connectivity index (χ4n) is 1.68. The topological polar surface area (TPSA) is 71.6 Å². The molecule has 90 valence electrons. The zero-order chi connectivity index (χ0) is 12.3. The van der Waals surface area contributed by atoms with Crippen molar-refractivity contribution < 1.29 is 4.92 Å². The summed E-state index contributed by atoms with van der Waals surface area (Å²) in [6.45, 7) is 1.06. The van der Waals surface area contributed by atoms with Crippen molar-refractivity contribution in [1.29, 1.82) is 0 Å². The van der Waals surface area contributed by atoms with Crippen LogP contribution < -0.4 is 4.90 Å². The first-order chi connectivity index (χ1) is 8.20. The average molecular weight is 252 g/mol. The van der Waals surface area contributed by atoms with Crippen molar-refractivity contribution in [1.82, 2.24) is 4.98 Å². The number of aliphatic imine (C=N–C) groups is 1. The van der Waals surface area contributed by atoms with Crippen LogP contribution in [0.5, 0.6) is 0 Å². The molecule has 1 aromatic heterocycles. The number of nitrogens with zero attached hydrogens (tertiary/aromatic N) is 4. The molecule has 17 heavy (non-hydrogen) atoms. The van der Waals surface area contributed by atoms with Gasteiger partial charge in [-0.3, -0.25) is 15.1 Å². The number of anilines is 1. The van der Waals surface area contributed by atoms with Crippen molar-refractivity contribution in [3.05, 3.63) is 28.4 Å². The molecule has 1 aliphatic heterocycles. The molecule has 1 aromatic rings. The van der Waals surface area contributed by atoms with Crippen molar-refractivity contribution in [2.75, 3.05) is 30.8 Å². The van der Waals surface area contributed by atoms with Crippen LogP contribution in [0.25, 0.3) is 0 Å². The second-order valence-corrected chi connectivity index (χ2v) is 4.33. The number of amidine groups is 1. The molecule has 7 heteroatoms. The monoisotopic (exact) mass is 252 g/mol. The zero-order valence-electron chi connectivity index (χ0n) is 9.37. The van der Waals surface area contributed by atoms with E-state index in [-0.39, 0.29) is 11.5 Å². The fraction of sp³-hybridized carbons (Fsp3) is 0.400. The summed E-state index contributed by atoms with van der Waals surface area (Å²) in [4.78, 5) is 20.4. The smallest absolute Gasteiger partial charge is 0.260 e. The van der Waals surface area contributed by atoms with Crippen LogP contribution in [0.1, 0.15) is 0 Å². The molecule has 0 radical (unpaired) electrons. The number of thioether (sulfide) groups is 1. The van der Waals surface area contributed by atoms with E-state index in [1.165, 1.54) is 0 Å². The molecule has 0 aliphatic carbocycles. The third-order valence-corrected chi connectivity index (χ3v) is 3.10. The Balaban J connectivity index is 2.15. The molecule has 0 saturated heterocycles. The molecule has 0 unspecified atom stereocenters. The number of pyridine rings is 1. The van der Waals surface area contributed by atoms with Crippen LogP contribution in [0.2, 0.25) is 0 Å². The third-order valence-electron chi connectivity index (χ3n) is 2.44. The van der Waals surface area contributed by atoms with Gasteiger partial charge in [-0.25, -0.2) is 4.98 Å². The van der Waals surface area contributed by atoms with Gasteiger partial charge < -0.3 is 4.90 Å². The summed E-state index contributed by atoms with van der Waals surface area (Å²) < 4.78 is 0. The Morgan fingerprint density at radius 3 is 3.00 bits per heavy atom. The van der Waals surface area contributed by atoms with Crippen molar-refractivity contribution in [2.24, 2.45) is 4.99 Å². The van der Waals surface area contributed by atoms with Crippen molar-refractivity contribution in [3.8, 4) is 0 Å². The quantitative estimate of drug-likeness (QED) is 0.459. The van der Waals surface area contributed by atoms with Gasteiger partial charge in [-0.05, 0) is 18.4 Å². The van der Waals surface area contributed by atoms with Crippen LogP contribution in [0, 0.1) is 10.1 Å². The predicted molar refractivity (Wildman–Crippen MR) is 67.5 cm³/mol. The predicted octanol–water partition coefficient (Wildman–Crippen LogP) is 1.30. The van der Waals surface area contributed by atoms with Crippen LogP contribution in [-0.2, 0) is 0 Å². The highest BCUT2D eigenvalue weighted by Gasteiger charge is 2.22. The van der Waals surface area contributed by atoms with Crippen molar-refractivity contribution in [2.45, 2.75) is 5.03 Å². The molecule has 0 amide bonds. The summed E-state index contributed by atoms with van der Waals surface area (Å²) in [5.41, 5.74) is 0.862. The summed E-state index contributed by atoms with van der Waals surface area (Å²) >= 11 is 1.56. The molecule has 0 atom stereocenters. The summed E-state index contributed by atoms with van der Waals surface area (Å²) in [6, 6.07) is 3.82. The lowest BCUT2D eigenvalue weighted by Crippen LogP contribution is -2.32. The van der Waals surface area contributed by atoms with Crippen LogP contribution in [0.4, 0.5) is 5.69 Å². The fourth-order valence-corrected chi connectivity index (χ4v) is 2.04. The van der Waals surface area contributed by atoms with E-state index in [0.717, 1.165) is 10.7 Å². The summed E-state index contributed by atoms with van der Waals surface area (Å²) in [6.07, 6.45) is 3.68. The maximum absolute atomic E-state index is 10.5. The van der Waals surface area contributed by atoms with Crippen LogP contribution in [0.3, 0.4) is 0 Å². The highest BCUT2D eigenvalue weighted by atomic mass is 32.2. The standard InChI is InChI=1S/C10H12N4O2S/c1-17-10-3-2-8(6-12-10)13-5-4-11-9(13)7-14(15)16/h2-3,6H,4-5,7H2,1H3. The van der Waals surface area contributed by atoms with E-state index >= 15 is 0 Å². The Kier molecular flexibility index (Phi) is 3.58. The summed E-state index contributed by atoms with van der Waals surface area (Å²) in [7, 11) is 0. The number of hydrogen-bond acceptors (Lipinski definition) is 6. The summed E-state index contributed by atoms with van der Waals surface area (Å²) in [5, 5.41) is 11.4.